The van der Waals surface area contributed by atoms with Crippen LogP contribution >= 0.6 is 12.2 Å². The number of morpholine rings is 1. The molecule has 0 aromatic heterocycles. The van der Waals surface area contributed by atoms with Crippen LogP contribution in [0.3, 0.4) is 0 Å². The van der Waals surface area contributed by atoms with Gasteiger partial charge in [0.2, 0.25) is 5.91 Å². The molecule has 13 heteroatoms. The van der Waals surface area contributed by atoms with Crippen molar-refractivity contribution in [3.63, 3.8) is 0 Å². The summed E-state index contributed by atoms with van der Waals surface area (Å²) >= 11 is 5.57. The van der Waals surface area contributed by atoms with Gasteiger partial charge in [-0.15, -0.1) is 0 Å². The lowest BCUT2D eigenvalue weighted by Gasteiger charge is -2.30. The monoisotopic (exact) mass is 564 g/mol. The van der Waals surface area contributed by atoms with Crippen LogP contribution in [0.5, 0.6) is 0 Å². The van der Waals surface area contributed by atoms with Gasteiger partial charge in [0.1, 0.15) is 6.04 Å². The first-order valence-electron chi connectivity index (χ1n) is 12.2. The van der Waals surface area contributed by atoms with Gasteiger partial charge in [0.25, 0.3) is 5.91 Å². The highest BCUT2D eigenvalue weighted by atomic mass is 32.1. The Morgan fingerprint density at radius 3 is 2.44 bits per heavy atom. The second-order valence-electron chi connectivity index (χ2n) is 8.99. The quantitative estimate of drug-likeness (QED) is 0.387. The number of carbonyl (C=O) groups excluding carboxylic acids is 3. The van der Waals surface area contributed by atoms with Crippen molar-refractivity contribution < 1.29 is 37.0 Å². The highest BCUT2D eigenvalue weighted by Crippen LogP contribution is 2.34. The van der Waals surface area contributed by atoms with E-state index in [9.17, 15) is 27.6 Å². The Hall–Kier alpha value is -3.55. The molecule has 2 fully saturated rings. The molecule has 2 aromatic carbocycles. The number of nitrogens with zero attached hydrogens (tertiary/aromatic N) is 3. The fraction of sp³-hybridized carbons (Fsp3) is 0.385. The molecule has 2 aliphatic rings. The number of esters is 1. The maximum Gasteiger partial charge on any atom is 0.416 e. The van der Waals surface area contributed by atoms with E-state index in [1.807, 2.05) is 0 Å². The summed E-state index contributed by atoms with van der Waals surface area (Å²) in [7, 11) is 1.26. The van der Waals surface area contributed by atoms with E-state index in [1.54, 1.807) is 4.90 Å². The topological polar surface area (TPSA) is 91.4 Å². The molecule has 1 N–H and O–H groups in total. The van der Waals surface area contributed by atoms with Crippen molar-refractivity contribution in [3.05, 3.63) is 59.7 Å². The van der Waals surface area contributed by atoms with Crippen LogP contribution in [0, 0.1) is 0 Å². The van der Waals surface area contributed by atoms with Gasteiger partial charge in [-0.3, -0.25) is 19.4 Å². The van der Waals surface area contributed by atoms with Crippen molar-refractivity contribution in [2.24, 2.45) is 0 Å². The number of amides is 2. The van der Waals surface area contributed by atoms with E-state index in [-0.39, 0.29) is 17.2 Å². The SMILES string of the molecule is COC(=O)c1ccc(NC(=O)CC2C(=O)N(c3cccc(C(F)(F)F)c3)C(=S)N2CCN2CCOCC2)cc1. The third-order valence-electron chi connectivity index (χ3n) is 6.48. The van der Waals surface area contributed by atoms with Crippen LogP contribution in [-0.2, 0) is 25.2 Å². The molecular formula is C26H27F3N4O5S. The van der Waals surface area contributed by atoms with Crippen LogP contribution in [0.2, 0.25) is 0 Å². The molecule has 4 rings (SSSR count). The molecule has 2 aromatic rings. The van der Waals surface area contributed by atoms with Gasteiger partial charge in [-0.05, 0) is 54.7 Å². The van der Waals surface area contributed by atoms with E-state index >= 15 is 0 Å². The lowest BCUT2D eigenvalue weighted by atomic mass is 10.1. The summed E-state index contributed by atoms with van der Waals surface area (Å²) in [6.45, 7) is 3.35. The number of hydrogen-bond acceptors (Lipinski definition) is 7. The molecule has 2 amide bonds. The minimum Gasteiger partial charge on any atom is -0.465 e. The molecule has 0 aliphatic carbocycles. The number of thiocarbonyl (C=S) groups is 1. The molecule has 0 bridgehead atoms. The summed E-state index contributed by atoms with van der Waals surface area (Å²) in [5, 5.41) is 2.73. The van der Waals surface area contributed by atoms with Crippen molar-refractivity contribution in [2.45, 2.75) is 18.6 Å². The van der Waals surface area contributed by atoms with E-state index in [0.29, 0.717) is 50.6 Å². The lowest BCUT2D eigenvalue weighted by molar-refractivity contribution is -0.137. The number of hydrogen-bond donors (Lipinski definition) is 1. The molecule has 208 valence electrons. The normalized spacial score (nSPS) is 18.4. The summed E-state index contributed by atoms with van der Waals surface area (Å²) < 4.78 is 50.1. The molecule has 39 heavy (non-hydrogen) atoms. The highest BCUT2D eigenvalue weighted by molar-refractivity contribution is 7.80. The van der Waals surface area contributed by atoms with E-state index in [2.05, 4.69) is 15.0 Å². The Balaban J connectivity index is 1.53. The van der Waals surface area contributed by atoms with Gasteiger partial charge < -0.3 is 19.7 Å². The molecule has 0 spiro atoms. The third-order valence-corrected chi connectivity index (χ3v) is 6.90. The maximum atomic E-state index is 13.5. The predicted molar refractivity (Wildman–Crippen MR) is 140 cm³/mol. The minimum absolute atomic E-state index is 0.0162. The number of nitrogens with one attached hydrogen (secondary N) is 1. The van der Waals surface area contributed by atoms with E-state index in [4.69, 9.17) is 17.0 Å². The molecule has 2 aliphatic heterocycles. The van der Waals surface area contributed by atoms with Gasteiger partial charge in [-0.25, -0.2) is 4.79 Å². The van der Waals surface area contributed by atoms with Gasteiger partial charge in [-0.1, -0.05) is 6.07 Å². The van der Waals surface area contributed by atoms with Crippen LogP contribution < -0.4 is 10.2 Å². The zero-order valence-corrected chi connectivity index (χ0v) is 21.9. The Bertz CT molecular complexity index is 1230. The molecular weight excluding hydrogens is 537 g/mol. The minimum atomic E-state index is -4.60. The maximum absolute atomic E-state index is 13.5. The van der Waals surface area contributed by atoms with Crippen molar-refractivity contribution in [1.82, 2.24) is 9.80 Å². The molecule has 9 nitrogen and oxygen atoms in total. The van der Waals surface area contributed by atoms with Gasteiger partial charge in [0.15, 0.2) is 5.11 Å². The Morgan fingerprint density at radius 2 is 1.79 bits per heavy atom. The molecule has 0 saturated carbocycles. The number of rotatable bonds is 8. The van der Waals surface area contributed by atoms with Crippen LogP contribution in [0.1, 0.15) is 22.3 Å². The second-order valence-corrected chi connectivity index (χ2v) is 9.35. The molecule has 1 atom stereocenters. The number of benzene rings is 2. The summed E-state index contributed by atoms with van der Waals surface area (Å²) in [5.74, 6) is -1.61. The largest absolute Gasteiger partial charge is 0.465 e. The average molecular weight is 565 g/mol. The van der Waals surface area contributed by atoms with Gasteiger partial charge in [0.05, 0.1) is 43.6 Å². The van der Waals surface area contributed by atoms with E-state index in [1.165, 1.54) is 43.5 Å². The summed E-state index contributed by atoms with van der Waals surface area (Å²) in [4.78, 5) is 42.9. The zero-order valence-electron chi connectivity index (χ0n) is 21.1. The molecule has 0 radical (unpaired) electrons. The van der Waals surface area contributed by atoms with Crippen molar-refractivity contribution in [2.75, 3.05) is 56.7 Å². The van der Waals surface area contributed by atoms with Crippen LogP contribution in [0.25, 0.3) is 0 Å². The van der Waals surface area contributed by atoms with Crippen molar-refractivity contribution >= 4 is 46.5 Å². The van der Waals surface area contributed by atoms with Crippen LogP contribution in [-0.4, -0.2) is 85.2 Å². The van der Waals surface area contributed by atoms with E-state index < -0.39 is 35.6 Å². The number of halogens is 3. The highest BCUT2D eigenvalue weighted by Gasteiger charge is 2.44. The molecule has 2 saturated heterocycles. The first-order chi connectivity index (χ1) is 18.6. The van der Waals surface area contributed by atoms with E-state index in [0.717, 1.165) is 17.0 Å². The Labute approximate surface area is 228 Å². The number of carbonyl (C=O) groups is 3. The molecule has 2 heterocycles. The number of ether oxygens (including phenoxy) is 2. The van der Waals surface area contributed by atoms with Crippen molar-refractivity contribution in [1.29, 1.82) is 0 Å². The average Bonchev–Trinajstić information content (AvgIpc) is 3.15. The first-order valence-corrected chi connectivity index (χ1v) is 12.6. The second kappa shape index (κ2) is 12.1. The zero-order chi connectivity index (χ0) is 28.2. The Kier molecular flexibility index (Phi) is 8.83. The number of methoxy groups -OCH3 is 1. The van der Waals surface area contributed by atoms with Gasteiger partial charge >= 0.3 is 12.1 Å². The number of anilines is 2. The number of alkyl halides is 3. The summed E-state index contributed by atoms with van der Waals surface area (Å²) in [5.41, 5.74) is -0.224. The van der Waals surface area contributed by atoms with Crippen molar-refractivity contribution in [3.8, 4) is 0 Å². The predicted octanol–water partition coefficient (Wildman–Crippen LogP) is 3.16. The first kappa shape index (κ1) is 28.5. The van der Waals surface area contributed by atoms with Crippen LogP contribution in [0.15, 0.2) is 48.5 Å². The fourth-order valence-electron chi connectivity index (χ4n) is 4.42. The van der Waals surface area contributed by atoms with Gasteiger partial charge in [-0.2, -0.15) is 13.2 Å². The fourth-order valence-corrected chi connectivity index (χ4v) is 4.83. The standard InChI is InChI=1S/C26H27F3N4O5S/c1-37-24(36)17-5-7-19(8-6-17)30-22(34)16-21-23(35)33(20-4-2-3-18(15-20)26(27,28)29)25(39)32(21)10-9-31-11-13-38-14-12-31/h2-8,15,21H,9-14,16H2,1H3,(H,30,34). The van der Waals surface area contributed by atoms with Crippen LogP contribution in [0.4, 0.5) is 24.5 Å². The smallest absolute Gasteiger partial charge is 0.416 e. The van der Waals surface area contributed by atoms with Gasteiger partial charge in [0, 0.05) is 31.9 Å². The lowest BCUT2D eigenvalue weighted by Crippen LogP contribution is -2.45. The Morgan fingerprint density at radius 1 is 1.10 bits per heavy atom. The molecule has 1 unspecified atom stereocenters. The summed E-state index contributed by atoms with van der Waals surface area (Å²) in [6.07, 6.45) is -4.88. The third kappa shape index (κ3) is 6.72. The summed E-state index contributed by atoms with van der Waals surface area (Å²) in [6, 6.07) is 9.39.